The number of hydrogen-bond acceptors (Lipinski definition) is 2. The van der Waals surface area contributed by atoms with Crippen molar-refractivity contribution in [2.24, 2.45) is 0 Å². The van der Waals surface area contributed by atoms with E-state index in [4.69, 9.17) is 0 Å². The van der Waals surface area contributed by atoms with Crippen molar-refractivity contribution in [3.05, 3.63) is 12.2 Å². The van der Waals surface area contributed by atoms with Gasteiger partial charge >= 0.3 is 24.2 Å². The van der Waals surface area contributed by atoms with Gasteiger partial charge in [0, 0.05) is 5.57 Å². The van der Waals surface area contributed by atoms with E-state index in [1.165, 1.54) is 0 Å². The lowest BCUT2D eigenvalue weighted by Gasteiger charge is -2.28. The molecule has 0 aliphatic carbocycles. The Labute approximate surface area is 102 Å². The van der Waals surface area contributed by atoms with E-state index in [0.29, 0.717) is 0 Å². The van der Waals surface area contributed by atoms with Crippen LogP contribution in [0.1, 0.15) is 13.3 Å². The first-order chi connectivity index (χ1) is 8.21. The molecule has 10 heteroatoms. The molecular formula is C9H8F8O2. The average molecular weight is 300 g/mol. The van der Waals surface area contributed by atoms with E-state index in [2.05, 4.69) is 11.3 Å². The molecule has 1 atom stereocenters. The summed E-state index contributed by atoms with van der Waals surface area (Å²) >= 11 is 0. The molecule has 0 bridgehead atoms. The van der Waals surface area contributed by atoms with E-state index in [0.717, 1.165) is 6.92 Å². The lowest BCUT2D eigenvalue weighted by atomic mass is 10.1. The second-order valence-electron chi connectivity index (χ2n) is 3.60. The first kappa shape index (κ1) is 17.6. The summed E-state index contributed by atoms with van der Waals surface area (Å²) < 4.78 is 102. The zero-order valence-electron chi connectivity index (χ0n) is 9.33. The maximum absolute atomic E-state index is 12.8. The molecule has 0 aromatic carbocycles. The van der Waals surface area contributed by atoms with Gasteiger partial charge in [-0.05, 0) is 6.92 Å². The van der Waals surface area contributed by atoms with Gasteiger partial charge in [-0.15, -0.1) is 0 Å². The molecule has 0 N–H and O–H groups in total. The minimum absolute atomic E-state index is 0.707. The quantitative estimate of drug-likeness (QED) is 0.440. The fraction of sp³-hybridized carbons (Fsp3) is 0.667. The van der Waals surface area contributed by atoms with Crippen molar-refractivity contribution in [1.82, 2.24) is 0 Å². The number of halogens is 8. The smallest absolute Gasteiger partial charge is 0.393 e. The third kappa shape index (κ3) is 4.67. The highest BCUT2D eigenvalue weighted by molar-refractivity contribution is 5.87. The van der Waals surface area contributed by atoms with Gasteiger partial charge in [0.2, 0.25) is 0 Å². The Morgan fingerprint density at radius 3 is 1.89 bits per heavy atom. The maximum Gasteiger partial charge on any atom is 0.469 e. The van der Waals surface area contributed by atoms with Crippen LogP contribution >= 0.6 is 0 Å². The minimum Gasteiger partial charge on any atom is -0.393 e. The zero-order valence-corrected chi connectivity index (χ0v) is 9.33. The Balaban J connectivity index is 5.05. The monoisotopic (exact) mass is 300 g/mol. The van der Waals surface area contributed by atoms with E-state index in [1.807, 2.05) is 0 Å². The van der Waals surface area contributed by atoms with Crippen LogP contribution in [0.2, 0.25) is 0 Å². The molecule has 0 radical (unpaired) electrons. The Kier molecular flexibility index (Phi) is 4.96. The van der Waals surface area contributed by atoms with Gasteiger partial charge in [-0.1, -0.05) is 6.58 Å². The van der Waals surface area contributed by atoms with Crippen LogP contribution in [0.25, 0.3) is 0 Å². The Bertz CT molecular complexity index is 360. The number of ether oxygens (including phenoxy) is 1. The van der Waals surface area contributed by atoms with E-state index in [-0.39, 0.29) is 0 Å². The molecule has 0 aliphatic rings. The third-order valence-electron chi connectivity index (χ3n) is 1.76. The second-order valence-corrected chi connectivity index (χ2v) is 3.60. The molecule has 0 heterocycles. The number of rotatable bonds is 5. The number of hydrogen-bond donors (Lipinski definition) is 0. The number of carbonyl (C=O) groups is 1. The normalized spacial score (nSPS) is 15.0. The summed E-state index contributed by atoms with van der Waals surface area (Å²) in [6.07, 6.45) is -18.2. The third-order valence-corrected chi connectivity index (χ3v) is 1.76. The van der Waals surface area contributed by atoms with Gasteiger partial charge in [0.05, 0.1) is 6.42 Å². The SMILES string of the molecule is C=C(C)C(=O)OC(F)(F)C(F)(F)C(F)CC(F)(F)F. The summed E-state index contributed by atoms with van der Waals surface area (Å²) in [5.41, 5.74) is -0.707. The van der Waals surface area contributed by atoms with Crippen molar-refractivity contribution in [2.45, 2.75) is 37.7 Å². The highest BCUT2D eigenvalue weighted by atomic mass is 19.4. The summed E-state index contributed by atoms with van der Waals surface area (Å²) in [5.74, 6) is -7.81. The summed E-state index contributed by atoms with van der Waals surface area (Å²) in [6, 6.07) is 0. The van der Waals surface area contributed by atoms with Crippen LogP contribution in [0.15, 0.2) is 12.2 Å². The summed E-state index contributed by atoms with van der Waals surface area (Å²) in [4.78, 5) is 10.6. The van der Waals surface area contributed by atoms with Crippen LogP contribution in [0, 0.1) is 0 Å². The maximum atomic E-state index is 12.8. The summed E-state index contributed by atoms with van der Waals surface area (Å²) in [5, 5.41) is 0. The summed E-state index contributed by atoms with van der Waals surface area (Å²) in [7, 11) is 0. The van der Waals surface area contributed by atoms with Crippen molar-refractivity contribution in [2.75, 3.05) is 0 Å². The molecule has 0 fully saturated rings. The van der Waals surface area contributed by atoms with E-state index >= 15 is 0 Å². The van der Waals surface area contributed by atoms with E-state index in [1.54, 1.807) is 0 Å². The molecule has 1 unspecified atom stereocenters. The second kappa shape index (κ2) is 5.33. The highest BCUT2D eigenvalue weighted by Crippen LogP contribution is 2.43. The fourth-order valence-corrected chi connectivity index (χ4v) is 0.785. The predicted molar refractivity (Wildman–Crippen MR) is 46.4 cm³/mol. The van der Waals surface area contributed by atoms with Crippen LogP contribution in [-0.2, 0) is 9.53 Å². The minimum atomic E-state index is -5.83. The summed E-state index contributed by atoms with van der Waals surface area (Å²) in [6.45, 7) is 3.63. The molecule has 0 aromatic rings. The largest absolute Gasteiger partial charge is 0.469 e. The number of esters is 1. The van der Waals surface area contributed by atoms with Crippen LogP contribution in [-0.4, -0.2) is 30.3 Å². The lowest BCUT2D eigenvalue weighted by Crippen LogP contribution is -2.51. The lowest BCUT2D eigenvalue weighted by molar-refractivity contribution is -0.350. The van der Waals surface area contributed by atoms with Crippen molar-refractivity contribution < 1.29 is 44.7 Å². The average Bonchev–Trinajstić information content (AvgIpc) is 2.13. The van der Waals surface area contributed by atoms with Gasteiger partial charge in [-0.3, -0.25) is 0 Å². The molecule has 0 spiro atoms. The molecule has 0 aliphatic heterocycles. The Morgan fingerprint density at radius 2 is 1.58 bits per heavy atom. The number of alkyl halides is 8. The number of carbonyl (C=O) groups excluding carboxylic acids is 1. The molecule has 0 saturated carbocycles. The van der Waals surface area contributed by atoms with Gasteiger partial charge in [0.25, 0.3) is 0 Å². The first-order valence-electron chi connectivity index (χ1n) is 4.56. The van der Waals surface area contributed by atoms with Crippen LogP contribution < -0.4 is 0 Å². The Morgan fingerprint density at radius 1 is 1.16 bits per heavy atom. The van der Waals surface area contributed by atoms with Crippen LogP contribution in [0.4, 0.5) is 35.1 Å². The van der Waals surface area contributed by atoms with Gasteiger partial charge in [-0.25, -0.2) is 9.18 Å². The van der Waals surface area contributed by atoms with E-state index in [9.17, 15) is 39.9 Å². The molecule has 19 heavy (non-hydrogen) atoms. The van der Waals surface area contributed by atoms with Crippen molar-refractivity contribution in [1.29, 1.82) is 0 Å². The topological polar surface area (TPSA) is 26.3 Å². The van der Waals surface area contributed by atoms with Crippen molar-refractivity contribution in [3.8, 4) is 0 Å². The molecule has 0 amide bonds. The van der Waals surface area contributed by atoms with E-state index < -0.39 is 42.3 Å². The molecule has 0 saturated heterocycles. The van der Waals surface area contributed by atoms with Gasteiger partial charge < -0.3 is 4.74 Å². The molecular weight excluding hydrogens is 292 g/mol. The zero-order chi connectivity index (χ0) is 15.6. The Hall–Kier alpha value is -1.35. The van der Waals surface area contributed by atoms with Crippen molar-refractivity contribution >= 4 is 5.97 Å². The van der Waals surface area contributed by atoms with Gasteiger partial charge in [-0.2, -0.15) is 30.7 Å². The van der Waals surface area contributed by atoms with Gasteiger partial charge in [0.1, 0.15) is 0 Å². The standard InChI is InChI=1S/C9H8F8O2/c1-4(2)6(18)19-9(16,17)8(14,15)5(10)3-7(11,12)13/h5H,1,3H2,2H3. The van der Waals surface area contributed by atoms with Crippen LogP contribution in [0.5, 0.6) is 0 Å². The van der Waals surface area contributed by atoms with Crippen LogP contribution in [0.3, 0.4) is 0 Å². The fourth-order valence-electron chi connectivity index (χ4n) is 0.785. The first-order valence-corrected chi connectivity index (χ1v) is 4.56. The molecule has 112 valence electrons. The highest BCUT2D eigenvalue weighted by Gasteiger charge is 2.67. The molecule has 0 aromatic heterocycles. The molecule has 0 rings (SSSR count). The van der Waals surface area contributed by atoms with Gasteiger partial charge in [0.15, 0.2) is 6.17 Å². The predicted octanol–water partition coefficient (Wildman–Crippen LogP) is 3.62. The molecule has 2 nitrogen and oxygen atoms in total. The van der Waals surface area contributed by atoms with Crippen molar-refractivity contribution in [3.63, 3.8) is 0 Å².